The summed E-state index contributed by atoms with van der Waals surface area (Å²) >= 11 is 0. The standard InChI is InChI=1S/C25H19F3N4O2/c1-15-5-10-20(32-23(33)17-6-8-18(9-7-17)25(26,27)28)16(2)22(15)34-24-19(4-3-12-30-24)21-11-13-29-14-31-21/h3-14H,1-2H3,(H,32,33). The maximum absolute atomic E-state index is 12.8. The van der Waals surface area contributed by atoms with Gasteiger partial charge in [-0.05, 0) is 67.9 Å². The molecule has 0 spiro atoms. The van der Waals surface area contributed by atoms with E-state index < -0.39 is 17.6 Å². The Kier molecular flexibility index (Phi) is 6.27. The highest BCUT2D eigenvalue weighted by Crippen LogP contribution is 2.36. The Labute approximate surface area is 193 Å². The fourth-order valence-corrected chi connectivity index (χ4v) is 3.34. The summed E-state index contributed by atoms with van der Waals surface area (Å²) in [6.45, 7) is 3.63. The van der Waals surface area contributed by atoms with Gasteiger partial charge in [-0.15, -0.1) is 0 Å². The van der Waals surface area contributed by atoms with Gasteiger partial charge in [-0.1, -0.05) is 6.07 Å². The highest BCUT2D eigenvalue weighted by Gasteiger charge is 2.30. The quantitative estimate of drug-likeness (QED) is 0.380. The van der Waals surface area contributed by atoms with Crippen molar-refractivity contribution in [3.05, 3.63) is 95.6 Å². The highest BCUT2D eigenvalue weighted by atomic mass is 19.4. The van der Waals surface area contributed by atoms with E-state index in [0.29, 0.717) is 34.1 Å². The van der Waals surface area contributed by atoms with Crippen LogP contribution in [0.4, 0.5) is 18.9 Å². The predicted octanol–water partition coefficient (Wildman–Crippen LogP) is 6.22. The summed E-state index contributed by atoms with van der Waals surface area (Å²) in [5.41, 5.74) is 2.50. The number of aromatic nitrogens is 3. The third-order valence-electron chi connectivity index (χ3n) is 5.15. The molecular formula is C25H19F3N4O2. The number of amides is 1. The maximum atomic E-state index is 12.8. The first-order chi connectivity index (χ1) is 16.2. The molecule has 0 saturated heterocycles. The van der Waals surface area contributed by atoms with Crippen LogP contribution in [0.2, 0.25) is 0 Å². The maximum Gasteiger partial charge on any atom is 0.416 e. The van der Waals surface area contributed by atoms with E-state index in [1.54, 1.807) is 43.6 Å². The van der Waals surface area contributed by atoms with Gasteiger partial charge in [0.15, 0.2) is 0 Å². The molecule has 0 radical (unpaired) electrons. The van der Waals surface area contributed by atoms with Crippen LogP contribution >= 0.6 is 0 Å². The molecule has 0 aliphatic heterocycles. The van der Waals surface area contributed by atoms with E-state index in [1.165, 1.54) is 6.33 Å². The smallest absolute Gasteiger partial charge is 0.416 e. The number of carbonyl (C=O) groups is 1. The number of benzene rings is 2. The molecule has 4 aromatic rings. The summed E-state index contributed by atoms with van der Waals surface area (Å²) in [6.07, 6.45) is 0.179. The lowest BCUT2D eigenvalue weighted by atomic mass is 10.1. The van der Waals surface area contributed by atoms with Crippen LogP contribution in [-0.2, 0) is 6.18 Å². The SMILES string of the molecule is Cc1ccc(NC(=O)c2ccc(C(F)(F)F)cc2)c(C)c1Oc1ncccc1-c1ccncn1. The van der Waals surface area contributed by atoms with Crippen LogP contribution in [0.3, 0.4) is 0 Å². The molecule has 0 aliphatic carbocycles. The van der Waals surface area contributed by atoms with Crippen molar-refractivity contribution >= 4 is 11.6 Å². The number of nitrogens with zero attached hydrogens (tertiary/aromatic N) is 3. The molecule has 4 rings (SSSR count). The normalized spacial score (nSPS) is 11.2. The number of anilines is 1. The number of ether oxygens (including phenoxy) is 1. The molecule has 1 N–H and O–H groups in total. The fourth-order valence-electron chi connectivity index (χ4n) is 3.34. The Balaban J connectivity index is 1.61. The van der Waals surface area contributed by atoms with Gasteiger partial charge in [-0.25, -0.2) is 15.0 Å². The number of hydrogen-bond acceptors (Lipinski definition) is 5. The second-order valence-electron chi connectivity index (χ2n) is 7.47. The summed E-state index contributed by atoms with van der Waals surface area (Å²) in [7, 11) is 0. The lowest BCUT2D eigenvalue weighted by Gasteiger charge is -2.17. The van der Waals surface area contributed by atoms with Crippen LogP contribution in [0.25, 0.3) is 11.3 Å². The fraction of sp³-hybridized carbons (Fsp3) is 0.120. The van der Waals surface area contributed by atoms with Crippen molar-refractivity contribution in [2.75, 3.05) is 5.32 Å². The summed E-state index contributed by atoms with van der Waals surface area (Å²) in [5, 5.41) is 2.74. The number of nitrogens with one attached hydrogen (secondary N) is 1. The molecule has 34 heavy (non-hydrogen) atoms. The van der Waals surface area contributed by atoms with Gasteiger partial charge in [0.05, 0.1) is 16.8 Å². The lowest BCUT2D eigenvalue weighted by molar-refractivity contribution is -0.137. The first-order valence-corrected chi connectivity index (χ1v) is 10.2. The van der Waals surface area contributed by atoms with Crippen molar-refractivity contribution < 1.29 is 22.7 Å². The lowest BCUT2D eigenvalue weighted by Crippen LogP contribution is -2.14. The van der Waals surface area contributed by atoms with Crippen molar-refractivity contribution in [2.24, 2.45) is 0 Å². The number of carbonyl (C=O) groups excluding carboxylic acids is 1. The van der Waals surface area contributed by atoms with E-state index in [4.69, 9.17) is 4.74 Å². The van der Waals surface area contributed by atoms with Crippen molar-refractivity contribution in [2.45, 2.75) is 20.0 Å². The van der Waals surface area contributed by atoms with Crippen molar-refractivity contribution in [1.29, 1.82) is 0 Å². The summed E-state index contributed by atoms with van der Waals surface area (Å²) in [6, 6.07) is 12.9. The van der Waals surface area contributed by atoms with Crippen LogP contribution in [0.1, 0.15) is 27.0 Å². The molecular weight excluding hydrogens is 445 g/mol. The van der Waals surface area contributed by atoms with Gasteiger partial charge < -0.3 is 10.1 Å². The monoisotopic (exact) mass is 464 g/mol. The van der Waals surface area contributed by atoms with Crippen LogP contribution < -0.4 is 10.1 Å². The third-order valence-corrected chi connectivity index (χ3v) is 5.15. The van der Waals surface area contributed by atoms with E-state index >= 15 is 0 Å². The molecule has 0 saturated carbocycles. The molecule has 0 aliphatic rings. The summed E-state index contributed by atoms with van der Waals surface area (Å²) in [4.78, 5) is 25.2. The van der Waals surface area contributed by atoms with E-state index in [-0.39, 0.29) is 5.56 Å². The summed E-state index contributed by atoms with van der Waals surface area (Å²) in [5.74, 6) is 0.295. The Hall–Kier alpha value is -4.27. The molecule has 0 atom stereocenters. The first-order valence-electron chi connectivity index (χ1n) is 10.2. The number of alkyl halides is 3. The molecule has 2 aromatic heterocycles. The number of hydrogen-bond donors (Lipinski definition) is 1. The zero-order valence-electron chi connectivity index (χ0n) is 18.2. The molecule has 2 heterocycles. The van der Waals surface area contributed by atoms with Gasteiger partial charge in [0, 0.05) is 29.2 Å². The van der Waals surface area contributed by atoms with Gasteiger partial charge in [-0.2, -0.15) is 13.2 Å². The first kappa shape index (κ1) is 22.9. The van der Waals surface area contributed by atoms with Gasteiger partial charge in [0.25, 0.3) is 5.91 Å². The predicted molar refractivity (Wildman–Crippen MR) is 121 cm³/mol. The third kappa shape index (κ3) is 4.88. The topological polar surface area (TPSA) is 77.0 Å². The van der Waals surface area contributed by atoms with Crippen molar-refractivity contribution in [3.63, 3.8) is 0 Å². The second-order valence-corrected chi connectivity index (χ2v) is 7.47. The Morgan fingerprint density at radius 3 is 2.38 bits per heavy atom. The van der Waals surface area contributed by atoms with Crippen LogP contribution in [0, 0.1) is 13.8 Å². The average Bonchev–Trinajstić information content (AvgIpc) is 2.84. The number of rotatable bonds is 5. The minimum Gasteiger partial charge on any atom is -0.438 e. The highest BCUT2D eigenvalue weighted by molar-refractivity contribution is 6.04. The second kappa shape index (κ2) is 9.30. The molecule has 0 bridgehead atoms. The van der Waals surface area contributed by atoms with E-state index in [0.717, 1.165) is 29.8 Å². The molecule has 9 heteroatoms. The zero-order chi connectivity index (χ0) is 24.3. The Morgan fingerprint density at radius 1 is 0.941 bits per heavy atom. The molecule has 0 unspecified atom stereocenters. The van der Waals surface area contributed by atoms with Gasteiger partial charge >= 0.3 is 6.18 Å². The largest absolute Gasteiger partial charge is 0.438 e. The zero-order valence-corrected chi connectivity index (χ0v) is 18.2. The van der Waals surface area contributed by atoms with Gasteiger partial charge in [0.2, 0.25) is 5.88 Å². The van der Waals surface area contributed by atoms with E-state index in [2.05, 4.69) is 20.3 Å². The number of pyridine rings is 1. The minimum atomic E-state index is -4.47. The summed E-state index contributed by atoms with van der Waals surface area (Å²) < 4.78 is 44.5. The molecule has 6 nitrogen and oxygen atoms in total. The minimum absolute atomic E-state index is 0.103. The molecule has 2 aromatic carbocycles. The Bertz CT molecular complexity index is 1320. The van der Waals surface area contributed by atoms with Crippen LogP contribution in [-0.4, -0.2) is 20.9 Å². The van der Waals surface area contributed by atoms with E-state index in [1.807, 2.05) is 13.0 Å². The van der Waals surface area contributed by atoms with Gasteiger partial charge in [-0.3, -0.25) is 4.79 Å². The van der Waals surface area contributed by atoms with E-state index in [9.17, 15) is 18.0 Å². The number of aryl methyl sites for hydroxylation is 1. The Morgan fingerprint density at radius 2 is 1.71 bits per heavy atom. The van der Waals surface area contributed by atoms with Gasteiger partial charge in [0.1, 0.15) is 12.1 Å². The average molecular weight is 464 g/mol. The molecule has 172 valence electrons. The van der Waals surface area contributed by atoms with Crippen LogP contribution in [0.15, 0.2) is 73.3 Å². The molecule has 0 fully saturated rings. The molecule has 1 amide bonds. The number of halogens is 3. The van der Waals surface area contributed by atoms with Crippen molar-refractivity contribution in [1.82, 2.24) is 15.0 Å². The van der Waals surface area contributed by atoms with Crippen LogP contribution in [0.5, 0.6) is 11.6 Å². The van der Waals surface area contributed by atoms with Crippen molar-refractivity contribution in [3.8, 4) is 22.9 Å².